The van der Waals surface area contributed by atoms with Crippen molar-refractivity contribution >= 4 is 44.1 Å². The van der Waals surface area contributed by atoms with Gasteiger partial charge in [0.15, 0.2) is 5.76 Å². The van der Waals surface area contributed by atoms with Gasteiger partial charge in [-0.1, -0.05) is 21.1 Å². The first-order chi connectivity index (χ1) is 13.5. The van der Waals surface area contributed by atoms with Crippen LogP contribution in [0.1, 0.15) is 10.4 Å². The molecular weight excluding hydrogens is 426 g/mol. The maximum atomic E-state index is 12.6. The molecule has 1 N–H and O–H groups in total. The van der Waals surface area contributed by atoms with E-state index in [1.165, 1.54) is 24.3 Å². The molecule has 1 heterocycles. The second-order valence-corrected chi connectivity index (χ2v) is 6.92. The smallest absolute Gasteiger partial charge is 0.269 e. The van der Waals surface area contributed by atoms with Crippen LogP contribution in [0.3, 0.4) is 0 Å². The van der Waals surface area contributed by atoms with Gasteiger partial charge < -0.3 is 9.84 Å². The maximum Gasteiger partial charge on any atom is 0.269 e. The summed E-state index contributed by atoms with van der Waals surface area (Å²) in [6, 6.07) is 18.3. The fourth-order valence-corrected chi connectivity index (χ4v) is 3.03. The number of hydrogen-bond acceptors (Lipinski definition) is 5. The molecule has 0 saturated heterocycles. The van der Waals surface area contributed by atoms with Crippen LogP contribution in [0.5, 0.6) is 0 Å². The monoisotopic (exact) mass is 437 g/mol. The normalized spacial score (nSPS) is 10.8. The van der Waals surface area contributed by atoms with E-state index in [0.717, 1.165) is 15.4 Å². The average Bonchev–Trinajstić information content (AvgIpc) is 3.12. The van der Waals surface area contributed by atoms with Gasteiger partial charge in [-0.3, -0.25) is 14.9 Å². The molecule has 4 rings (SSSR count). The van der Waals surface area contributed by atoms with Gasteiger partial charge in [-0.2, -0.15) is 0 Å². The molecule has 0 aliphatic rings. The Bertz CT molecular complexity index is 1180. The molecule has 0 aliphatic carbocycles. The Labute approximate surface area is 167 Å². The number of aromatic nitrogens is 1. The van der Waals surface area contributed by atoms with Gasteiger partial charge in [-0.25, -0.2) is 0 Å². The van der Waals surface area contributed by atoms with Crippen LogP contribution in [0.2, 0.25) is 0 Å². The van der Waals surface area contributed by atoms with Gasteiger partial charge in [0.1, 0.15) is 5.52 Å². The molecule has 28 heavy (non-hydrogen) atoms. The van der Waals surface area contributed by atoms with Crippen molar-refractivity contribution in [2.75, 3.05) is 5.32 Å². The van der Waals surface area contributed by atoms with E-state index >= 15 is 0 Å². The third kappa shape index (κ3) is 3.49. The molecule has 7 nitrogen and oxygen atoms in total. The summed E-state index contributed by atoms with van der Waals surface area (Å²) >= 11 is 3.40. The van der Waals surface area contributed by atoms with E-state index in [0.29, 0.717) is 22.5 Å². The topological polar surface area (TPSA) is 98.3 Å². The summed E-state index contributed by atoms with van der Waals surface area (Å²) in [4.78, 5) is 22.8. The highest BCUT2D eigenvalue weighted by molar-refractivity contribution is 9.10. The van der Waals surface area contributed by atoms with E-state index < -0.39 is 4.92 Å². The third-order valence-corrected chi connectivity index (χ3v) is 4.71. The number of nitro groups is 1. The number of nitrogens with one attached hydrogen (secondary N) is 1. The van der Waals surface area contributed by atoms with Crippen molar-refractivity contribution < 1.29 is 14.2 Å². The third-order valence-electron chi connectivity index (χ3n) is 4.18. The van der Waals surface area contributed by atoms with E-state index in [1.54, 1.807) is 18.2 Å². The SMILES string of the molecule is O=C(Nc1ccc([N+](=O)[O-])cc1)c1ccc2noc(-c3ccc(Br)cc3)c2c1. The van der Waals surface area contributed by atoms with Crippen LogP contribution in [0.25, 0.3) is 22.2 Å². The number of nitro benzene ring substituents is 1. The summed E-state index contributed by atoms with van der Waals surface area (Å²) < 4.78 is 6.42. The van der Waals surface area contributed by atoms with E-state index in [4.69, 9.17) is 4.52 Å². The molecule has 0 aliphatic heterocycles. The van der Waals surface area contributed by atoms with Gasteiger partial charge in [-0.05, 0) is 54.6 Å². The molecule has 8 heteroatoms. The Hall–Kier alpha value is -3.52. The first-order valence-corrected chi connectivity index (χ1v) is 9.02. The van der Waals surface area contributed by atoms with Crippen molar-refractivity contribution in [3.8, 4) is 11.3 Å². The van der Waals surface area contributed by atoms with Gasteiger partial charge in [0.25, 0.3) is 11.6 Å². The minimum Gasteiger partial charge on any atom is -0.355 e. The molecule has 1 aromatic heterocycles. The number of carbonyl (C=O) groups excluding carboxylic acids is 1. The second kappa shape index (κ2) is 7.24. The van der Waals surface area contributed by atoms with E-state index in [2.05, 4.69) is 26.4 Å². The van der Waals surface area contributed by atoms with Crippen LogP contribution in [-0.2, 0) is 0 Å². The Morgan fingerprint density at radius 2 is 1.75 bits per heavy atom. The number of amides is 1. The zero-order valence-corrected chi connectivity index (χ0v) is 15.8. The summed E-state index contributed by atoms with van der Waals surface area (Å²) in [7, 11) is 0. The summed E-state index contributed by atoms with van der Waals surface area (Å²) in [5, 5.41) is 18.2. The van der Waals surface area contributed by atoms with E-state index in [9.17, 15) is 14.9 Å². The van der Waals surface area contributed by atoms with Crippen molar-refractivity contribution in [3.63, 3.8) is 0 Å². The minimum absolute atomic E-state index is 0.0389. The Morgan fingerprint density at radius 3 is 2.43 bits per heavy atom. The molecule has 0 radical (unpaired) electrons. The number of rotatable bonds is 4. The predicted molar refractivity (Wildman–Crippen MR) is 108 cm³/mol. The molecule has 3 aromatic carbocycles. The quantitative estimate of drug-likeness (QED) is 0.339. The number of halogens is 1. The highest BCUT2D eigenvalue weighted by Gasteiger charge is 2.15. The van der Waals surface area contributed by atoms with Crippen LogP contribution in [0, 0.1) is 10.1 Å². The highest BCUT2D eigenvalue weighted by Crippen LogP contribution is 2.30. The summed E-state index contributed by atoms with van der Waals surface area (Å²) in [5.74, 6) is 0.242. The molecule has 0 unspecified atom stereocenters. The number of carbonyl (C=O) groups is 1. The zero-order chi connectivity index (χ0) is 19.7. The van der Waals surface area contributed by atoms with Crippen molar-refractivity contribution in [2.45, 2.75) is 0 Å². The fourth-order valence-electron chi connectivity index (χ4n) is 2.76. The van der Waals surface area contributed by atoms with Crippen molar-refractivity contribution in [1.82, 2.24) is 5.16 Å². The van der Waals surface area contributed by atoms with Gasteiger partial charge in [0.05, 0.1) is 10.3 Å². The first-order valence-electron chi connectivity index (χ1n) is 8.22. The average molecular weight is 438 g/mol. The number of benzene rings is 3. The summed E-state index contributed by atoms with van der Waals surface area (Å²) in [5.41, 5.74) is 2.34. The van der Waals surface area contributed by atoms with Crippen LogP contribution < -0.4 is 5.32 Å². The van der Waals surface area contributed by atoms with Gasteiger partial charge in [0, 0.05) is 33.4 Å². The molecule has 0 spiro atoms. The maximum absolute atomic E-state index is 12.6. The van der Waals surface area contributed by atoms with Gasteiger partial charge in [-0.15, -0.1) is 0 Å². The minimum atomic E-state index is -0.491. The van der Waals surface area contributed by atoms with Crippen molar-refractivity contribution in [3.05, 3.63) is 86.9 Å². The lowest BCUT2D eigenvalue weighted by molar-refractivity contribution is -0.384. The largest absolute Gasteiger partial charge is 0.355 e. The Kier molecular flexibility index (Phi) is 4.62. The molecule has 0 atom stereocenters. The molecule has 4 aromatic rings. The molecule has 0 bridgehead atoms. The lowest BCUT2D eigenvalue weighted by atomic mass is 10.1. The van der Waals surface area contributed by atoms with Crippen molar-refractivity contribution in [2.24, 2.45) is 0 Å². The summed E-state index contributed by atoms with van der Waals surface area (Å²) in [6.07, 6.45) is 0. The number of nitrogens with zero attached hydrogens (tertiary/aromatic N) is 2. The second-order valence-electron chi connectivity index (χ2n) is 6.01. The number of non-ortho nitro benzene ring substituents is 1. The first kappa shape index (κ1) is 17.9. The number of anilines is 1. The van der Waals surface area contributed by atoms with Crippen LogP contribution in [0.15, 0.2) is 75.7 Å². The standard InChI is InChI=1S/C20H12BrN3O4/c21-14-4-1-12(2-5-14)19-17-11-13(3-10-18(17)23-28-19)20(25)22-15-6-8-16(9-7-15)24(26)27/h1-11H,(H,22,25). The zero-order valence-electron chi connectivity index (χ0n) is 14.3. The molecule has 0 fully saturated rings. The predicted octanol–water partition coefficient (Wildman–Crippen LogP) is 5.42. The van der Waals surface area contributed by atoms with Crippen LogP contribution in [-0.4, -0.2) is 16.0 Å². The summed E-state index contributed by atoms with van der Waals surface area (Å²) in [6.45, 7) is 0. The Morgan fingerprint density at radius 1 is 1.04 bits per heavy atom. The van der Waals surface area contributed by atoms with E-state index in [1.807, 2.05) is 24.3 Å². The fraction of sp³-hybridized carbons (Fsp3) is 0. The molecular formula is C20H12BrN3O4. The Balaban J connectivity index is 1.63. The highest BCUT2D eigenvalue weighted by atomic mass is 79.9. The molecule has 138 valence electrons. The van der Waals surface area contributed by atoms with Gasteiger partial charge >= 0.3 is 0 Å². The van der Waals surface area contributed by atoms with Crippen LogP contribution in [0.4, 0.5) is 11.4 Å². The number of hydrogen-bond donors (Lipinski definition) is 1. The van der Waals surface area contributed by atoms with Gasteiger partial charge in [0.2, 0.25) is 0 Å². The lowest BCUT2D eigenvalue weighted by Crippen LogP contribution is -2.11. The molecule has 0 saturated carbocycles. The molecule has 1 amide bonds. The lowest BCUT2D eigenvalue weighted by Gasteiger charge is -2.05. The number of fused-ring (bicyclic) bond motifs is 1. The van der Waals surface area contributed by atoms with E-state index in [-0.39, 0.29) is 11.6 Å². The van der Waals surface area contributed by atoms with Crippen molar-refractivity contribution in [1.29, 1.82) is 0 Å². The van der Waals surface area contributed by atoms with Crippen LogP contribution >= 0.6 is 15.9 Å².